The van der Waals surface area contributed by atoms with Crippen LogP contribution in [-0.4, -0.2) is 56.2 Å². The molecule has 5 nitrogen and oxygen atoms in total. The molecule has 0 amide bonds. The lowest BCUT2D eigenvalue weighted by molar-refractivity contribution is -0.142. The Kier molecular flexibility index (Phi) is 5.36. The summed E-state index contributed by atoms with van der Waals surface area (Å²) in [4.78, 5) is 0. The predicted molar refractivity (Wildman–Crippen MR) is 61.1 cm³/mol. The van der Waals surface area contributed by atoms with Gasteiger partial charge in [-0.1, -0.05) is 6.92 Å². The fourth-order valence-electron chi connectivity index (χ4n) is 1.58. The minimum Gasteiger partial charge on any atom is -0.380 e. The molecular formula is C10H22O5Si. The molecule has 0 unspecified atom stereocenters. The first kappa shape index (κ1) is 14.1. The molecule has 0 radical (unpaired) electrons. The molecule has 0 atom stereocenters. The summed E-state index contributed by atoms with van der Waals surface area (Å²) in [6.07, 6.45) is 1.42. The highest BCUT2D eigenvalue weighted by atomic mass is 28.4. The van der Waals surface area contributed by atoms with Crippen LogP contribution in [0.25, 0.3) is 0 Å². The standard InChI is InChI=1S/C10H22O5Si/c1-5-10(6-14-7-10)8-15-16(12-3,13-4)9-11-2/h5-9H2,1-4H3. The molecule has 0 aliphatic carbocycles. The van der Waals surface area contributed by atoms with Crippen molar-refractivity contribution in [1.82, 2.24) is 0 Å². The maximum atomic E-state index is 5.86. The van der Waals surface area contributed by atoms with Gasteiger partial charge in [0.2, 0.25) is 0 Å². The van der Waals surface area contributed by atoms with Crippen molar-refractivity contribution >= 4 is 8.80 Å². The molecule has 6 heteroatoms. The van der Waals surface area contributed by atoms with Crippen LogP contribution < -0.4 is 0 Å². The van der Waals surface area contributed by atoms with E-state index in [0.717, 1.165) is 19.6 Å². The minimum absolute atomic E-state index is 0.142. The maximum absolute atomic E-state index is 5.86. The highest BCUT2D eigenvalue weighted by Gasteiger charge is 2.45. The Hall–Kier alpha value is 0.0169. The van der Waals surface area contributed by atoms with Gasteiger partial charge in [-0.25, -0.2) is 0 Å². The fourth-order valence-corrected chi connectivity index (χ4v) is 3.18. The Morgan fingerprint density at radius 2 is 1.81 bits per heavy atom. The molecule has 1 heterocycles. The zero-order valence-electron chi connectivity index (χ0n) is 10.6. The molecule has 0 spiro atoms. The van der Waals surface area contributed by atoms with Gasteiger partial charge in [-0.3, -0.25) is 0 Å². The minimum atomic E-state index is -2.63. The van der Waals surface area contributed by atoms with Crippen molar-refractivity contribution in [3.05, 3.63) is 0 Å². The zero-order valence-corrected chi connectivity index (χ0v) is 11.6. The number of methoxy groups -OCH3 is 1. The average Bonchev–Trinajstić information content (AvgIpc) is 2.27. The summed E-state index contributed by atoms with van der Waals surface area (Å²) in [7, 11) is 2.19. The summed E-state index contributed by atoms with van der Waals surface area (Å²) >= 11 is 0. The summed E-state index contributed by atoms with van der Waals surface area (Å²) in [5, 5.41) is 0. The Morgan fingerprint density at radius 1 is 1.19 bits per heavy atom. The predicted octanol–water partition coefficient (Wildman–Crippen LogP) is 0.847. The Morgan fingerprint density at radius 3 is 2.12 bits per heavy atom. The molecule has 1 fully saturated rings. The van der Waals surface area contributed by atoms with Crippen LogP contribution in [-0.2, 0) is 22.8 Å². The van der Waals surface area contributed by atoms with Crippen molar-refractivity contribution in [2.75, 3.05) is 47.4 Å². The van der Waals surface area contributed by atoms with E-state index in [1.54, 1.807) is 21.3 Å². The van der Waals surface area contributed by atoms with E-state index in [1.807, 2.05) is 0 Å². The van der Waals surface area contributed by atoms with E-state index in [-0.39, 0.29) is 5.41 Å². The third-order valence-corrected chi connectivity index (χ3v) is 5.58. The zero-order chi connectivity index (χ0) is 12.1. The second-order valence-corrected chi connectivity index (χ2v) is 6.92. The van der Waals surface area contributed by atoms with Crippen LogP contribution in [0.3, 0.4) is 0 Å². The lowest BCUT2D eigenvalue weighted by Crippen LogP contribution is -2.54. The molecule has 0 N–H and O–H groups in total. The topological polar surface area (TPSA) is 46.2 Å². The maximum Gasteiger partial charge on any atom is 0.527 e. The first-order valence-corrected chi connectivity index (χ1v) is 7.40. The van der Waals surface area contributed by atoms with E-state index in [0.29, 0.717) is 12.8 Å². The van der Waals surface area contributed by atoms with Gasteiger partial charge in [-0.2, -0.15) is 0 Å². The van der Waals surface area contributed by atoms with Gasteiger partial charge >= 0.3 is 8.80 Å². The summed E-state index contributed by atoms with van der Waals surface area (Å²) in [5.41, 5.74) is 0.142. The smallest absolute Gasteiger partial charge is 0.380 e. The molecule has 0 aromatic carbocycles. The highest BCUT2D eigenvalue weighted by molar-refractivity contribution is 6.60. The largest absolute Gasteiger partial charge is 0.527 e. The lowest BCUT2D eigenvalue weighted by Gasteiger charge is -2.42. The van der Waals surface area contributed by atoms with Crippen LogP contribution in [0.2, 0.25) is 0 Å². The molecule has 1 aliphatic heterocycles. The lowest BCUT2D eigenvalue weighted by atomic mass is 9.84. The van der Waals surface area contributed by atoms with Gasteiger partial charge in [0.05, 0.1) is 13.2 Å². The SMILES string of the molecule is CCC1(CO[Si](COC)(OC)OC)COC1. The van der Waals surface area contributed by atoms with E-state index in [9.17, 15) is 0 Å². The van der Waals surface area contributed by atoms with Gasteiger partial charge in [0.15, 0.2) is 0 Å². The van der Waals surface area contributed by atoms with Crippen LogP contribution in [0.1, 0.15) is 13.3 Å². The van der Waals surface area contributed by atoms with Gasteiger partial charge in [-0.15, -0.1) is 0 Å². The van der Waals surface area contributed by atoms with Crippen LogP contribution >= 0.6 is 0 Å². The summed E-state index contributed by atoms with van der Waals surface area (Å²) in [5.74, 6) is 0. The highest BCUT2D eigenvalue weighted by Crippen LogP contribution is 2.32. The van der Waals surface area contributed by atoms with Crippen LogP contribution in [0.15, 0.2) is 0 Å². The van der Waals surface area contributed by atoms with Crippen LogP contribution in [0, 0.1) is 5.41 Å². The van der Waals surface area contributed by atoms with E-state index in [4.69, 9.17) is 22.8 Å². The number of hydrogen-bond donors (Lipinski definition) is 0. The number of hydrogen-bond acceptors (Lipinski definition) is 5. The molecule has 0 aromatic heterocycles. The van der Waals surface area contributed by atoms with Gasteiger partial charge < -0.3 is 22.8 Å². The molecule has 0 bridgehead atoms. The molecule has 1 aliphatic rings. The monoisotopic (exact) mass is 250 g/mol. The first-order chi connectivity index (χ1) is 7.66. The first-order valence-electron chi connectivity index (χ1n) is 5.47. The molecule has 0 aromatic rings. The molecule has 1 rings (SSSR count). The van der Waals surface area contributed by atoms with Crippen molar-refractivity contribution < 1.29 is 22.8 Å². The summed E-state index contributed by atoms with van der Waals surface area (Å²) in [6.45, 7) is 4.27. The summed E-state index contributed by atoms with van der Waals surface area (Å²) in [6, 6.07) is 0. The molecule has 0 saturated carbocycles. The Bertz CT molecular complexity index is 198. The Labute approximate surface area is 98.3 Å². The fraction of sp³-hybridized carbons (Fsp3) is 1.00. The number of ether oxygens (including phenoxy) is 2. The van der Waals surface area contributed by atoms with E-state index >= 15 is 0 Å². The van der Waals surface area contributed by atoms with Gasteiger partial charge in [-0.05, 0) is 6.42 Å². The quantitative estimate of drug-likeness (QED) is 0.598. The van der Waals surface area contributed by atoms with Crippen molar-refractivity contribution in [3.63, 3.8) is 0 Å². The summed E-state index contributed by atoms with van der Waals surface area (Å²) < 4.78 is 26.9. The molecule has 16 heavy (non-hydrogen) atoms. The third-order valence-electron chi connectivity index (χ3n) is 3.11. The number of rotatable bonds is 8. The van der Waals surface area contributed by atoms with Gasteiger partial charge in [0.25, 0.3) is 0 Å². The van der Waals surface area contributed by atoms with E-state index in [1.165, 1.54) is 0 Å². The van der Waals surface area contributed by atoms with Crippen molar-refractivity contribution in [2.24, 2.45) is 5.41 Å². The van der Waals surface area contributed by atoms with Crippen molar-refractivity contribution in [1.29, 1.82) is 0 Å². The van der Waals surface area contributed by atoms with E-state index < -0.39 is 8.80 Å². The Balaban J connectivity index is 2.48. The second kappa shape index (κ2) is 6.09. The second-order valence-electron chi connectivity index (χ2n) is 4.16. The molecule has 1 saturated heterocycles. The van der Waals surface area contributed by atoms with Crippen molar-refractivity contribution in [2.45, 2.75) is 13.3 Å². The van der Waals surface area contributed by atoms with E-state index in [2.05, 4.69) is 6.92 Å². The van der Waals surface area contributed by atoms with Gasteiger partial charge in [0, 0.05) is 33.4 Å². The molecular weight excluding hydrogens is 228 g/mol. The average molecular weight is 250 g/mol. The van der Waals surface area contributed by atoms with Crippen LogP contribution in [0.5, 0.6) is 0 Å². The molecule has 96 valence electrons. The van der Waals surface area contributed by atoms with Crippen molar-refractivity contribution in [3.8, 4) is 0 Å². The normalized spacial score (nSPS) is 19.5. The van der Waals surface area contributed by atoms with Crippen LogP contribution in [0.4, 0.5) is 0 Å². The van der Waals surface area contributed by atoms with Gasteiger partial charge in [0.1, 0.15) is 6.23 Å². The third kappa shape index (κ3) is 3.03.